The summed E-state index contributed by atoms with van der Waals surface area (Å²) in [6.45, 7) is 4.84. The number of unbranched alkanes of at least 4 members (excludes halogenated alkanes) is 17. The second-order valence-corrected chi connectivity index (χ2v) is 9.59. The van der Waals surface area contributed by atoms with Gasteiger partial charge in [0.15, 0.2) is 11.9 Å². The Kier molecular flexibility index (Phi) is 26.1. The molecule has 6 nitrogen and oxygen atoms in total. The first-order valence-corrected chi connectivity index (χ1v) is 14.4. The Labute approximate surface area is 211 Å². The summed E-state index contributed by atoms with van der Waals surface area (Å²) in [7, 11) is 0. The topological polar surface area (TPSA) is 112 Å². The number of rotatable bonds is 25. The lowest BCUT2D eigenvalue weighted by atomic mass is 10.1. The molecule has 0 fully saturated rings. The molecule has 0 amide bonds. The van der Waals surface area contributed by atoms with E-state index in [1.165, 1.54) is 109 Å². The molecule has 0 saturated carbocycles. The van der Waals surface area contributed by atoms with Crippen molar-refractivity contribution < 1.29 is 0 Å². The van der Waals surface area contributed by atoms with Crippen molar-refractivity contribution in [1.29, 1.82) is 5.41 Å². The molecule has 0 radical (unpaired) electrons. The van der Waals surface area contributed by atoms with Crippen LogP contribution >= 0.6 is 0 Å². The number of aliphatic imine (C=N–C) groups is 1. The van der Waals surface area contributed by atoms with Crippen LogP contribution in [0.3, 0.4) is 0 Å². The van der Waals surface area contributed by atoms with Crippen LogP contribution in [0.25, 0.3) is 0 Å². The third-order valence-electron chi connectivity index (χ3n) is 6.18. The highest BCUT2D eigenvalue weighted by Crippen LogP contribution is 2.10. The lowest BCUT2D eigenvalue weighted by molar-refractivity contribution is 0.584. The van der Waals surface area contributed by atoms with E-state index in [1.807, 2.05) is 0 Å². The molecule has 0 rings (SSSR count). The Morgan fingerprint density at radius 3 is 1.59 bits per heavy atom. The minimum absolute atomic E-state index is 0.0676. The van der Waals surface area contributed by atoms with E-state index in [0.29, 0.717) is 5.96 Å². The Morgan fingerprint density at radius 1 is 0.618 bits per heavy atom. The number of hydrogen-bond acceptors (Lipinski definition) is 2. The Bertz CT molecular complexity index is 489. The lowest BCUT2D eigenvalue weighted by Gasteiger charge is -2.06. The number of nitrogens with two attached hydrogens (primary N) is 2. The van der Waals surface area contributed by atoms with E-state index >= 15 is 0 Å². The fraction of sp³-hybridized carbons (Fsp3) is 0.857. The molecule has 7 N–H and O–H groups in total. The zero-order chi connectivity index (χ0) is 25.0. The van der Waals surface area contributed by atoms with E-state index in [-0.39, 0.29) is 5.96 Å². The van der Waals surface area contributed by atoms with Gasteiger partial charge < -0.3 is 22.1 Å². The van der Waals surface area contributed by atoms with E-state index in [2.05, 4.69) is 34.7 Å². The fourth-order valence-corrected chi connectivity index (χ4v) is 4.01. The Morgan fingerprint density at radius 2 is 1.06 bits per heavy atom. The van der Waals surface area contributed by atoms with Crippen LogP contribution in [0.2, 0.25) is 0 Å². The van der Waals surface area contributed by atoms with Crippen LogP contribution in [0.4, 0.5) is 0 Å². The van der Waals surface area contributed by atoms with E-state index in [1.54, 1.807) is 0 Å². The normalized spacial score (nSPS) is 11.9. The molecule has 0 heterocycles. The maximum atomic E-state index is 7.10. The van der Waals surface area contributed by atoms with Crippen molar-refractivity contribution >= 4 is 11.9 Å². The van der Waals surface area contributed by atoms with Crippen LogP contribution in [0, 0.1) is 5.41 Å². The molecule has 0 atom stereocenters. The first-order valence-electron chi connectivity index (χ1n) is 14.4. The summed E-state index contributed by atoms with van der Waals surface area (Å²) in [5, 5.41) is 13.2. The smallest absolute Gasteiger partial charge is 0.188 e. The van der Waals surface area contributed by atoms with E-state index < -0.39 is 0 Å². The maximum absolute atomic E-state index is 7.10. The number of nitrogens with one attached hydrogen (secondary N) is 3. The number of guanidine groups is 2. The van der Waals surface area contributed by atoms with Crippen molar-refractivity contribution in [2.75, 3.05) is 19.6 Å². The van der Waals surface area contributed by atoms with E-state index in [0.717, 1.165) is 38.9 Å². The van der Waals surface area contributed by atoms with Gasteiger partial charge in [0, 0.05) is 19.6 Å². The van der Waals surface area contributed by atoms with Gasteiger partial charge in [0.25, 0.3) is 0 Å². The Hall–Kier alpha value is -1.72. The summed E-state index contributed by atoms with van der Waals surface area (Å²) < 4.78 is 0. The zero-order valence-corrected chi connectivity index (χ0v) is 22.5. The third-order valence-corrected chi connectivity index (χ3v) is 6.18. The van der Waals surface area contributed by atoms with Crippen LogP contribution in [0.5, 0.6) is 0 Å². The summed E-state index contributed by atoms with van der Waals surface area (Å²) in [5.41, 5.74) is 11.2. The average molecular weight is 479 g/mol. The summed E-state index contributed by atoms with van der Waals surface area (Å²) in [6, 6.07) is 0. The van der Waals surface area contributed by atoms with Crippen LogP contribution in [-0.4, -0.2) is 31.6 Å². The van der Waals surface area contributed by atoms with E-state index in [9.17, 15) is 0 Å². The monoisotopic (exact) mass is 478 g/mol. The molecule has 200 valence electrons. The van der Waals surface area contributed by atoms with Crippen molar-refractivity contribution in [2.24, 2.45) is 16.5 Å². The zero-order valence-electron chi connectivity index (χ0n) is 22.5. The molecule has 0 aromatic heterocycles. The standard InChI is InChI=1S/C28H58N6/c1-2-3-4-5-6-7-8-9-10-11-12-13-14-15-19-22-25-33-28(31)34-26-23-20-17-16-18-21-24-32-27(29)30/h9-10H,2-8,11-26H2,1H3,(H4,29,30,32)(H3,31,33,34)/b10-9-. The largest absolute Gasteiger partial charge is 0.370 e. The molecular weight excluding hydrogens is 420 g/mol. The maximum Gasteiger partial charge on any atom is 0.188 e. The molecule has 0 aliphatic rings. The second-order valence-electron chi connectivity index (χ2n) is 9.59. The SMILES string of the molecule is CCCCCCCC/C=C\CCCCCCCCN=C(N)NCCCCCCCCNC(=N)N. The minimum atomic E-state index is 0.0676. The van der Waals surface area contributed by atoms with Crippen molar-refractivity contribution in [3.05, 3.63) is 12.2 Å². The van der Waals surface area contributed by atoms with E-state index in [4.69, 9.17) is 16.9 Å². The molecule has 0 spiro atoms. The predicted molar refractivity (Wildman–Crippen MR) is 152 cm³/mol. The molecule has 0 saturated heterocycles. The molecule has 0 aromatic rings. The first kappa shape index (κ1) is 32.3. The highest BCUT2D eigenvalue weighted by molar-refractivity contribution is 5.77. The van der Waals surface area contributed by atoms with Gasteiger partial charge in [0.2, 0.25) is 0 Å². The summed E-state index contributed by atoms with van der Waals surface area (Å²) in [4.78, 5) is 4.45. The van der Waals surface area contributed by atoms with Gasteiger partial charge >= 0.3 is 0 Å². The van der Waals surface area contributed by atoms with Gasteiger partial charge in [-0.3, -0.25) is 10.4 Å². The minimum Gasteiger partial charge on any atom is -0.370 e. The summed E-state index contributed by atoms with van der Waals surface area (Å²) in [5.74, 6) is 0.668. The number of nitrogens with zero attached hydrogens (tertiary/aromatic N) is 1. The lowest BCUT2D eigenvalue weighted by Crippen LogP contribution is -2.32. The van der Waals surface area contributed by atoms with Crippen molar-refractivity contribution in [1.82, 2.24) is 10.6 Å². The quantitative estimate of drug-likeness (QED) is 0.0432. The molecule has 6 heteroatoms. The average Bonchev–Trinajstić information content (AvgIpc) is 2.82. The van der Waals surface area contributed by atoms with Gasteiger partial charge in [-0.25, -0.2) is 0 Å². The molecule has 0 aromatic carbocycles. The third kappa shape index (κ3) is 28.3. The molecule has 34 heavy (non-hydrogen) atoms. The Balaban J connectivity index is 3.28. The first-order chi connectivity index (χ1) is 16.7. The predicted octanol–water partition coefficient (Wildman–Crippen LogP) is 6.75. The van der Waals surface area contributed by atoms with Crippen molar-refractivity contribution in [2.45, 2.75) is 135 Å². The summed E-state index contributed by atoms with van der Waals surface area (Å²) >= 11 is 0. The van der Waals surface area contributed by atoms with Crippen LogP contribution < -0.4 is 22.1 Å². The fourth-order valence-electron chi connectivity index (χ4n) is 4.01. The van der Waals surface area contributed by atoms with Gasteiger partial charge in [-0.05, 0) is 44.9 Å². The molecule has 0 aliphatic heterocycles. The highest BCUT2D eigenvalue weighted by Gasteiger charge is 1.95. The molecule has 0 aliphatic carbocycles. The van der Waals surface area contributed by atoms with Gasteiger partial charge in [0.1, 0.15) is 0 Å². The number of allylic oxidation sites excluding steroid dienone is 2. The summed E-state index contributed by atoms with van der Waals surface area (Å²) in [6.07, 6.45) is 30.5. The number of hydrogen-bond donors (Lipinski definition) is 5. The molecular formula is C28H58N6. The van der Waals surface area contributed by atoms with Crippen LogP contribution in [0.1, 0.15) is 135 Å². The van der Waals surface area contributed by atoms with Gasteiger partial charge in [-0.15, -0.1) is 0 Å². The molecule has 0 unspecified atom stereocenters. The van der Waals surface area contributed by atoms with Gasteiger partial charge in [-0.1, -0.05) is 103 Å². The van der Waals surface area contributed by atoms with Crippen molar-refractivity contribution in [3.8, 4) is 0 Å². The van der Waals surface area contributed by atoms with Crippen molar-refractivity contribution in [3.63, 3.8) is 0 Å². The molecule has 0 bridgehead atoms. The van der Waals surface area contributed by atoms with Gasteiger partial charge in [0.05, 0.1) is 0 Å². The van der Waals surface area contributed by atoms with Crippen LogP contribution in [-0.2, 0) is 0 Å². The van der Waals surface area contributed by atoms with Gasteiger partial charge in [-0.2, -0.15) is 0 Å². The van der Waals surface area contributed by atoms with Crippen LogP contribution in [0.15, 0.2) is 17.1 Å². The highest BCUT2D eigenvalue weighted by atomic mass is 15.1. The second kappa shape index (κ2) is 27.5.